The molecule has 0 atom stereocenters. The number of hydrogen-bond donors (Lipinski definition) is 1. The van der Waals surface area contributed by atoms with Crippen molar-refractivity contribution in [3.63, 3.8) is 0 Å². The summed E-state index contributed by atoms with van der Waals surface area (Å²) in [5.74, 6) is 0.207. The first kappa shape index (κ1) is 32.7. The number of carbonyl (C=O) groups excluding carboxylic acids is 1. The smallest absolute Gasteiger partial charge is 0.264 e. The summed E-state index contributed by atoms with van der Waals surface area (Å²) in [7, 11) is 4.13. The summed E-state index contributed by atoms with van der Waals surface area (Å²) in [5.41, 5.74) is 3.11. The SMILES string of the molecule is CCCCCCCCCCCCCCCCCC(=O)N[N+](C)(C)CCC.Cl.[Cl-]. The molecule has 0 spiro atoms. The molecule has 0 heterocycles. The molecule has 0 aromatic carbocycles. The molecule has 5 heteroatoms. The lowest BCUT2D eigenvalue weighted by Crippen LogP contribution is -3.00. The standard InChI is InChI=1S/C23H48N2O.2ClH/c1-5-7-8-9-10-11-12-13-14-15-16-17-18-19-20-21-23(26)24-25(3,4)22-6-2;;/h5-22H2,1-4H3;2*1H. The van der Waals surface area contributed by atoms with Gasteiger partial charge < -0.3 is 12.4 Å². The van der Waals surface area contributed by atoms with Crippen molar-refractivity contribution in [3.05, 3.63) is 0 Å². The quantitative estimate of drug-likeness (QED) is 0.182. The van der Waals surface area contributed by atoms with E-state index in [-0.39, 0.29) is 30.7 Å². The van der Waals surface area contributed by atoms with E-state index < -0.39 is 0 Å². The van der Waals surface area contributed by atoms with Gasteiger partial charge in [0.05, 0.1) is 14.1 Å². The zero-order chi connectivity index (χ0) is 19.5. The lowest BCUT2D eigenvalue weighted by Gasteiger charge is -2.28. The normalized spacial score (nSPS) is 10.9. The molecule has 0 saturated carbocycles. The van der Waals surface area contributed by atoms with Crippen LogP contribution in [0, 0.1) is 0 Å². The van der Waals surface area contributed by atoms with Crippen molar-refractivity contribution in [3.8, 4) is 0 Å². The highest BCUT2D eigenvalue weighted by molar-refractivity contribution is 5.85. The van der Waals surface area contributed by atoms with Crippen LogP contribution in [0.5, 0.6) is 0 Å². The predicted molar refractivity (Wildman–Crippen MR) is 122 cm³/mol. The molecule has 0 aliphatic rings. The summed E-state index contributed by atoms with van der Waals surface area (Å²) in [5, 5.41) is 0. The Kier molecular flexibility index (Phi) is 27.2. The Labute approximate surface area is 189 Å². The van der Waals surface area contributed by atoms with E-state index in [2.05, 4.69) is 33.4 Å². The largest absolute Gasteiger partial charge is 1.00 e. The topological polar surface area (TPSA) is 29.1 Å². The Bertz CT molecular complexity index is 326. The molecule has 1 N–H and O–H groups in total. The molecule has 1 amide bonds. The zero-order valence-corrected chi connectivity index (χ0v) is 20.9. The maximum atomic E-state index is 11.9. The fourth-order valence-corrected chi connectivity index (χ4v) is 3.67. The molecule has 3 nitrogen and oxygen atoms in total. The van der Waals surface area contributed by atoms with Crippen molar-refractivity contribution in [1.82, 2.24) is 5.43 Å². The molecule has 0 radical (unpaired) electrons. The number of carbonyl (C=O) groups is 1. The Balaban J connectivity index is -0.00000312. The van der Waals surface area contributed by atoms with Gasteiger partial charge in [-0.15, -0.1) is 12.4 Å². The van der Waals surface area contributed by atoms with Crippen LogP contribution in [0.1, 0.15) is 123 Å². The van der Waals surface area contributed by atoms with Gasteiger partial charge in [0.15, 0.2) is 0 Å². The lowest BCUT2D eigenvalue weighted by atomic mass is 10.0. The third kappa shape index (κ3) is 24.0. The third-order valence-corrected chi connectivity index (χ3v) is 5.22. The van der Waals surface area contributed by atoms with Crippen molar-refractivity contribution >= 4 is 18.3 Å². The highest BCUT2D eigenvalue weighted by atomic mass is 35.5. The second-order valence-electron chi connectivity index (χ2n) is 8.64. The highest BCUT2D eigenvalue weighted by Crippen LogP contribution is 2.13. The minimum absolute atomic E-state index is 0. The molecule has 172 valence electrons. The van der Waals surface area contributed by atoms with E-state index >= 15 is 0 Å². The summed E-state index contributed by atoms with van der Waals surface area (Å²) in [6.45, 7) is 5.43. The van der Waals surface area contributed by atoms with Crippen molar-refractivity contribution in [1.29, 1.82) is 0 Å². The number of nitrogens with one attached hydrogen (secondary N) is 1. The van der Waals surface area contributed by atoms with Gasteiger partial charge in [0, 0.05) is 6.42 Å². The minimum atomic E-state index is 0. The van der Waals surface area contributed by atoms with Crippen LogP contribution in [0.25, 0.3) is 0 Å². The van der Waals surface area contributed by atoms with Crippen LogP contribution in [0.4, 0.5) is 0 Å². The van der Waals surface area contributed by atoms with Crippen LogP contribution in [-0.4, -0.2) is 31.1 Å². The number of amides is 1. The van der Waals surface area contributed by atoms with E-state index in [0.717, 1.165) is 19.4 Å². The molecule has 0 saturated heterocycles. The van der Waals surface area contributed by atoms with E-state index in [1.54, 1.807) is 0 Å². The molecule has 0 rings (SSSR count). The van der Waals surface area contributed by atoms with Gasteiger partial charge in [-0.3, -0.25) is 4.79 Å². The first-order valence-corrected chi connectivity index (χ1v) is 11.7. The maximum absolute atomic E-state index is 11.9. The Morgan fingerprint density at radius 2 is 1.00 bits per heavy atom. The van der Waals surface area contributed by atoms with E-state index in [1.165, 1.54) is 89.9 Å². The molecule has 0 unspecified atom stereocenters. The maximum Gasteiger partial charge on any atom is 0.264 e. The van der Waals surface area contributed by atoms with Gasteiger partial charge in [-0.25, -0.2) is 10.0 Å². The third-order valence-electron chi connectivity index (χ3n) is 5.22. The molecule has 0 aliphatic heterocycles. The van der Waals surface area contributed by atoms with Crippen molar-refractivity contribution in [2.45, 2.75) is 123 Å². The van der Waals surface area contributed by atoms with Gasteiger partial charge in [0.1, 0.15) is 6.54 Å². The summed E-state index contributed by atoms with van der Waals surface area (Å²) in [6.07, 6.45) is 22.3. The van der Waals surface area contributed by atoms with Crippen LogP contribution in [-0.2, 0) is 4.79 Å². The monoisotopic (exact) mass is 440 g/mol. The number of hydrogen-bond acceptors (Lipinski definition) is 1. The number of nitrogens with zero attached hydrogens (tertiary/aromatic N) is 1. The lowest BCUT2D eigenvalue weighted by molar-refractivity contribution is -0.925. The first-order valence-electron chi connectivity index (χ1n) is 11.7. The summed E-state index contributed by atoms with van der Waals surface area (Å²) < 4.78 is 0.605. The van der Waals surface area contributed by atoms with Crippen LogP contribution in [0.3, 0.4) is 0 Å². The molecule has 0 fully saturated rings. The zero-order valence-electron chi connectivity index (χ0n) is 19.4. The van der Waals surface area contributed by atoms with Gasteiger partial charge in [-0.2, -0.15) is 0 Å². The van der Waals surface area contributed by atoms with Crippen molar-refractivity contribution in [2.75, 3.05) is 20.6 Å². The number of unbranched alkanes of at least 4 members (excludes halogenated alkanes) is 14. The van der Waals surface area contributed by atoms with Crippen molar-refractivity contribution < 1.29 is 21.8 Å². The molecular weight excluding hydrogens is 391 g/mol. The molecule has 0 aliphatic carbocycles. The molecule has 0 aromatic rings. The first-order chi connectivity index (χ1) is 12.5. The molecular formula is C23H50Cl2N2O. The number of halogens is 2. The van der Waals surface area contributed by atoms with Crippen LogP contribution >= 0.6 is 12.4 Å². The summed E-state index contributed by atoms with van der Waals surface area (Å²) in [6, 6.07) is 0. The average molecular weight is 442 g/mol. The second-order valence-corrected chi connectivity index (χ2v) is 8.64. The highest BCUT2D eigenvalue weighted by Gasteiger charge is 2.16. The van der Waals surface area contributed by atoms with Crippen molar-refractivity contribution in [2.24, 2.45) is 0 Å². The summed E-state index contributed by atoms with van der Waals surface area (Å²) in [4.78, 5) is 11.9. The van der Waals surface area contributed by atoms with Crippen LogP contribution in [0.15, 0.2) is 0 Å². The summed E-state index contributed by atoms with van der Waals surface area (Å²) >= 11 is 0. The van der Waals surface area contributed by atoms with Gasteiger partial charge >= 0.3 is 0 Å². The fraction of sp³-hybridized carbons (Fsp3) is 0.957. The Morgan fingerprint density at radius 1 is 0.643 bits per heavy atom. The molecule has 0 bridgehead atoms. The van der Waals surface area contributed by atoms with Gasteiger partial charge in [-0.1, -0.05) is 104 Å². The van der Waals surface area contributed by atoms with Gasteiger partial charge in [0.2, 0.25) is 0 Å². The Morgan fingerprint density at radius 3 is 1.36 bits per heavy atom. The predicted octanol–water partition coefficient (Wildman–Crippen LogP) is 4.19. The minimum Gasteiger partial charge on any atom is -1.00 e. The van der Waals surface area contributed by atoms with Crippen LogP contribution in [0.2, 0.25) is 0 Å². The van der Waals surface area contributed by atoms with E-state index in [1.807, 2.05) is 0 Å². The second kappa shape index (κ2) is 23.3. The van der Waals surface area contributed by atoms with Gasteiger partial charge in [-0.05, 0) is 12.8 Å². The van der Waals surface area contributed by atoms with E-state index in [0.29, 0.717) is 11.0 Å². The molecule has 0 aromatic heterocycles. The van der Waals surface area contributed by atoms with Gasteiger partial charge in [0.25, 0.3) is 5.91 Å². The molecule has 28 heavy (non-hydrogen) atoms. The average Bonchev–Trinajstić information content (AvgIpc) is 2.57. The Hall–Kier alpha value is 0.01000. The van der Waals surface area contributed by atoms with E-state index in [9.17, 15) is 4.79 Å². The fourth-order valence-electron chi connectivity index (χ4n) is 3.67. The number of rotatable bonds is 19. The van der Waals surface area contributed by atoms with E-state index in [4.69, 9.17) is 0 Å². The number of quaternary nitrogens is 1. The van der Waals surface area contributed by atoms with Crippen LogP contribution < -0.4 is 17.8 Å².